The maximum Gasteiger partial charge on any atom is 0.159 e. The highest BCUT2D eigenvalue weighted by Gasteiger charge is 2.64. The fourth-order valence-corrected chi connectivity index (χ4v) is 9.59. The van der Waals surface area contributed by atoms with Crippen LogP contribution in [0.25, 0.3) is 0 Å². The Kier molecular flexibility index (Phi) is 3.95. The minimum Gasteiger partial charge on any atom is -0.295 e. The number of carbonyl (C=O) groups is 2. The third-order valence-electron chi connectivity index (χ3n) is 10.9. The van der Waals surface area contributed by atoms with Crippen molar-refractivity contribution in [1.29, 1.82) is 0 Å². The van der Waals surface area contributed by atoms with Crippen LogP contribution in [-0.4, -0.2) is 11.6 Å². The van der Waals surface area contributed by atoms with Crippen molar-refractivity contribution in [1.82, 2.24) is 0 Å². The highest BCUT2D eigenvalue weighted by Crippen LogP contribution is 2.70. The molecule has 2 heteroatoms. The fraction of sp³-hybridized carbons (Fsp3) is 0.778. The summed E-state index contributed by atoms with van der Waals surface area (Å²) in [6, 6.07) is 0. The normalized spacial score (nSPS) is 51.1. The van der Waals surface area contributed by atoms with Gasteiger partial charge in [0.2, 0.25) is 0 Å². The van der Waals surface area contributed by atoms with Gasteiger partial charge in [-0.15, -0.1) is 0 Å². The molecule has 6 aliphatic carbocycles. The van der Waals surface area contributed by atoms with Crippen molar-refractivity contribution in [3.8, 4) is 0 Å². The van der Waals surface area contributed by atoms with Crippen LogP contribution in [0.5, 0.6) is 0 Å². The number of hydrogen-bond acceptors (Lipinski definition) is 2. The maximum absolute atomic E-state index is 13.4. The molecule has 0 aromatic heterocycles. The third-order valence-corrected chi connectivity index (χ3v) is 10.9. The SMILES string of the molecule is C[C@]12CC[C@H]3[C@@H](CCC4=CC(=O)CC[C@@]43C)[C@@H]1C[C@@H]1[C@H]3CCCCC3=CC(=O)[C@@H]12. The predicted molar refractivity (Wildman–Crippen MR) is 114 cm³/mol. The van der Waals surface area contributed by atoms with E-state index in [2.05, 4.69) is 19.9 Å². The van der Waals surface area contributed by atoms with E-state index in [1.165, 1.54) is 62.5 Å². The lowest BCUT2D eigenvalue weighted by atomic mass is 9.46. The molecule has 156 valence electrons. The average molecular weight is 393 g/mol. The smallest absolute Gasteiger partial charge is 0.159 e. The van der Waals surface area contributed by atoms with Crippen LogP contribution in [0.4, 0.5) is 0 Å². The van der Waals surface area contributed by atoms with Gasteiger partial charge in [0.1, 0.15) is 0 Å². The molecule has 6 rings (SSSR count). The molecule has 0 bridgehead atoms. The molecular formula is C27H36O2. The molecule has 0 saturated heterocycles. The molecule has 4 saturated carbocycles. The van der Waals surface area contributed by atoms with E-state index in [0.717, 1.165) is 31.1 Å². The van der Waals surface area contributed by atoms with E-state index in [4.69, 9.17) is 0 Å². The highest BCUT2D eigenvalue weighted by molar-refractivity contribution is 5.95. The van der Waals surface area contributed by atoms with Gasteiger partial charge in [-0.05, 0) is 110 Å². The van der Waals surface area contributed by atoms with Gasteiger partial charge in [0.05, 0.1) is 0 Å². The Balaban J connectivity index is 1.36. The molecule has 0 aromatic rings. The first-order chi connectivity index (χ1) is 13.9. The molecule has 0 unspecified atom stereocenters. The first kappa shape index (κ1) is 18.6. The van der Waals surface area contributed by atoms with Crippen LogP contribution >= 0.6 is 0 Å². The number of carbonyl (C=O) groups excluding carboxylic acids is 2. The molecule has 0 heterocycles. The van der Waals surface area contributed by atoms with Gasteiger partial charge in [-0.1, -0.05) is 31.4 Å². The van der Waals surface area contributed by atoms with Crippen LogP contribution in [0.15, 0.2) is 23.3 Å². The van der Waals surface area contributed by atoms with Crippen LogP contribution in [0.1, 0.15) is 84.5 Å². The van der Waals surface area contributed by atoms with Gasteiger partial charge in [0.25, 0.3) is 0 Å². The lowest BCUT2D eigenvalue weighted by Crippen LogP contribution is -2.51. The van der Waals surface area contributed by atoms with Crippen molar-refractivity contribution >= 4 is 11.6 Å². The van der Waals surface area contributed by atoms with Crippen molar-refractivity contribution in [2.45, 2.75) is 84.5 Å². The summed E-state index contributed by atoms with van der Waals surface area (Å²) in [6.45, 7) is 4.97. The zero-order valence-corrected chi connectivity index (χ0v) is 18.2. The van der Waals surface area contributed by atoms with Crippen molar-refractivity contribution in [3.05, 3.63) is 23.3 Å². The first-order valence-corrected chi connectivity index (χ1v) is 12.4. The summed E-state index contributed by atoms with van der Waals surface area (Å²) in [7, 11) is 0. The number of allylic oxidation sites excluding steroid dienone is 3. The second-order valence-corrected chi connectivity index (χ2v) is 11.9. The van der Waals surface area contributed by atoms with Gasteiger partial charge in [0, 0.05) is 12.3 Å². The Labute approximate surface area is 175 Å². The Morgan fingerprint density at radius 1 is 0.862 bits per heavy atom. The first-order valence-electron chi connectivity index (χ1n) is 12.4. The molecule has 29 heavy (non-hydrogen) atoms. The molecule has 0 amide bonds. The summed E-state index contributed by atoms with van der Waals surface area (Å²) in [5.74, 6) is 4.65. The summed E-state index contributed by atoms with van der Waals surface area (Å²) in [4.78, 5) is 25.4. The van der Waals surface area contributed by atoms with Crippen molar-refractivity contribution in [3.63, 3.8) is 0 Å². The maximum atomic E-state index is 13.4. The number of hydrogen-bond donors (Lipinski definition) is 0. The van der Waals surface area contributed by atoms with E-state index in [1.54, 1.807) is 0 Å². The minimum atomic E-state index is 0.213. The van der Waals surface area contributed by atoms with Gasteiger partial charge in [-0.25, -0.2) is 0 Å². The summed E-state index contributed by atoms with van der Waals surface area (Å²) in [5.41, 5.74) is 3.42. The Morgan fingerprint density at radius 3 is 2.59 bits per heavy atom. The van der Waals surface area contributed by atoms with Crippen LogP contribution in [0.2, 0.25) is 0 Å². The summed E-state index contributed by atoms with van der Waals surface area (Å²) < 4.78 is 0. The Morgan fingerprint density at radius 2 is 1.72 bits per heavy atom. The largest absolute Gasteiger partial charge is 0.295 e. The monoisotopic (exact) mass is 392 g/mol. The van der Waals surface area contributed by atoms with E-state index in [-0.39, 0.29) is 16.7 Å². The van der Waals surface area contributed by atoms with E-state index in [9.17, 15) is 9.59 Å². The lowest BCUT2D eigenvalue weighted by molar-refractivity contribution is -0.129. The fourth-order valence-electron chi connectivity index (χ4n) is 9.59. The number of fused-ring (bicyclic) bond motifs is 9. The zero-order valence-electron chi connectivity index (χ0n) is 18.2. The van der Waals surface area contributed by atoms with Gasteiger partial charge < -0.3 is 0 Å². The van der Waals surface area contributed by atoms with Crippen molar-refractivity contribution in [2.75, 3.05) is 0 Å². The van der Waals surface area contributed by atoms with Crippen molar-refractivity contribution in [2.24, 2.45) is 46.3 Å². The number of ketones is 2. The van der Waals surface area contributed by atoms with Gasteiger partial charge in [0.15, 0.2) is 11.6 Å². The summed E-state index contributed by atoms with van der Waals surface area (Å²) in [6.07, 6.45) is 17.2. The summed E-state index contributed by atoms with van der Waals surface area (Å²) in [5, 5.41) is 0. The molecule has 6 aliphatic rings. The molecule has 4 fully saturated rings. The van der Waals surface area contributed by atoms with E-state index < -0.39 is 0 Å². The quantitative estimate of drug-likeness (QED) is 0.502. The van der Waals surface area contributed by atoms with Crippen molar-refractivity contribution < 1.29 is 9.59 Å². The topological polar surface area (TPSA) is 34.1 Å². The highest BCUT2D eigenvalue weighted by atomic mass is 16.1. The van der Waals surface area contributed by atoms with Crippen LogP contribution in [0, 0.1) is 46.3 Å². The van der Waals surface area contributed by atoms with Gasteiger partial charge in [-0.3, -0.25) is 9.59 Å². The van der Waals surface area contributed by atoms with E-state index >= 15 is 0 Å². The van der Waals surface area contributed by atoms with Crippen LogP contribution < -0.4 is 0 Å². The molecule has 0 N–H and O–H groups in total. The standard InChI is InChI=1S/C27H36O2/c1-26-11-9-18(28)14-17(26)7-8-20-22(26)10-12-27(2)23(20)15-21-19-6-4-3-5-16(19)13-24(29)25(21)27/h13-14,19-23,25H,3-12,15H2,1-2H3/t19-,20+,21+,22-,23-,25+,26-,27-/m0/s1. The molecular weight excluding hydrogens is 356 g/mol. The van der Waals surface area contributed by atoms with E-state index in [0.29, 0.717) is 29.3 Å². The van der Waals surface area contributed by atoms with E-state index in [1.807, 2.05) is 6.08 Å². The average Bonchev–Trinajstić information content (AvgIpc) is 3.03. The molecule has 0 aromatic carbocycles. The summed E-state index contributed by atoms with van der Waals surface area (Å²) >= 11 is 0. The molecule has 0 aliphatic heterocycles. The third kappa shape index (κ3) is 2.41. The second-order valence-electron chi connectivity index (χ2n) is 11.9. The molecule has 0 radical (unpaired) electrons. The van der Waals surface area contributed by atoms with Crippen LogP contribution in [-0.2, 0) is 9.59 Å². The molecule has 8 atom stereocenters. The van der Waals surface area contributed by atoms with Crippen LogP contribution in [0.3, 0.4) is 0 Å². The minimum absolute atomic E-state index is 0.213. The lowest BCUT2D eigenvalue weighted by Gasteiger charge is -2.58. The number of rotatable bonds is 0. The predicted octanol–water partition coefficient (Wildman–Crippen LogP) is 6.06. The zero-order chi connectivity index (χ0) is 20.0. The van der Waals surface area contributed by atoms with Gasteiger partial charge in [-0.2, -0.15) is 0 Å². The Bertz CT molecular complexity index is 833. The second kappa shape index (κ2) is 6.17. The Hall–Kier alpha value is -1.18. The molecule has 2 nitrogen and oxygen atoms in total. The molecule has 0 spiro atoms. The van der Waals surface area contributed by atoms with Gasteiger partial charge >= 0.3 is 0 Å².